The van der Waals surface area contributed by atoms with Crippen LogP contribution in [0.25, 0.3) is 32.8 Å². The Morgan fingerprint density at radius 3 is 2.48 bits per heavy atom. The van der Waals surface area contributed by atoms with Gasteiger partial charge in [0.2, 0.25) is 0 Å². The van der Waals surface area contributed by atoms with Crippen LogP contribution in [0.15, 0.2) is 30.3 Å². The molecule has 10 heteroatoms. The summed E-state index contributed by atoms with van der Waals surface area (Å²) < 4.78 is 39.2. The van der Waals surface area contributed by atoms with Gasteiger partial charge in [-0.15, -0.1) is 6.42 Å². The van der Waals surface area contributed by atoms with Gasteiger partial charge in [0.15, 0.2) is 5.82 Å². The number of fused-ring (bicyclic) bond motifs is 7. The topological polar surface area (TPSA) is 85.8 Å². The molecular weight excluding hydrogens is 634 g/mol. The summed E-state index contributed by atoms with van der Waals surface area (Å²) in [5, 5.41) is 19.7. The van der Waals surface area contributed by atoms with E-state index in [4.69, 9.17) is 21.1 Å². The molecule has 10 rings (SSSR count). The number of terminal acetylenes is 1. The number of phenols is 1. The lowest BCUT2D eigenvalue weighted by Crippen LogP contribution is -2.62. The summed E-state index contributed by atoms with van der Waals surface area (Å²) in [6, 6.07) is 9.83. The van der Waals surface area contributed by atoms with Crippen molar-refractivity contribution in [3.8, 4) is 35.2 Å². The Labute approximate surface area is 291 Å². The number of piperidine rings is 2. The van der Waals surface area contributed by atoms with Gasteiger partial charge >= 0.3 is 6.01 Å². The van der Waals surface area contributed by atoms with E-state index in [0.29, 0.717) is 63.9 Å². The Kier molecular flexibility index (Phi) is 7.68. The maximum atomic E-state index is 17.5. The smallest absolute Gasteiger partial charge is 0.319 e. The normalized spacial score (nSPS) is 25.5. The predicted octanol–water partition coefficient (Wildman–Crippen LogP) is 6.07. The van der Waals surface area contributed by atoms with Crippen molar-refractivity contribution >= 4 is 27.5 Å². The molecule has 4 atom stereocenters. The van der Waals surface area contributed by atoms with Crippen molar-refractivity contribution in [1.29, 1.82) is 0 Å². The molecule has 3 aromatic carbocycles. The second-order valence-electron chi connectivity index (χ2n) is 15.8. The number of hydrogen-bond acceptors (Lipinski definition) is 8. The Hall–Kier alpha value is -4.04. The predicted molar refractivity (Wildman–Crippen MR) is 192 cm³/mol. The van der Waals surface area contributed by atoms with Crippen molar-refractivity contribution in [1.82, 2.24) is 25.5 Å². The number of phenolic OH excluding ortho intramolecular Hbond substituents is 1. The van der Waals surface area contributed by atoms with Gasteiger partial charge in [0, 0.05) is 78.6 Å². The minimum Gasteiger partial charge on any atom is -0.508 e. The first-order chi connectivity index (χ1) is 24.2. The van der Waals surface area contributed by atoms with Gasteiger partial charge in [0.05, 0.1) is 12.2 Å². The van der Waals surface area contributed by atoms with Crippen LogP contribution in [-0.2, 0) is 0 Å². The molecule has 6 heterocycles. The molecule has 5 aliphatic heterocycles. The molecule has 0 amide bonds. The fourth-order valence-electron chi connectivity index (χ4n) is 9.15. The van der Waals surface area contributed by atoms with Gasteiger partial charge in [-0.1, -0.05) is 25.8 Å². The molecular formula is C40H44F2N6O2. The summed E-state index contributed by atoms with van der Waals surface area (Å²) in [7, 11) is 0. The summed E-state index contributed by atoms with van der Waals surface area (Å²) in [4.78, 5) is 14.7. The first kappa shape index (κ1) is 31.9. The SMILES string of the molecule is C#Cc1c(F)ccc2cc(O)cc(-c3c(C(C)C)cc4c(N5CC6CCC(C5)N6)nc(OCC5(CN6C[C@@H]7CC[C@H]6CN7)CC5)nc4c3F)c12. The molecule has 5 saturated heterocycles. The van der Waals surface area contributed by atoms with Crippen molar-refractivity contribution in [3.63, 3.8) is 0 Å². The number of aromatic nitrogens is 2. The van der Waals surface area contributed by atoms with Crippen molar-refractivity contribution in [2.75, 3.05) is 44.2 Å². The fraction of sp³-hybridized carbons (Fsp3) is 0.500. The van der Waals surface area contributed by atoms with Crippen molar-refractivity contribution in [2.24, 2.45) is 5.41 Å². The van der Waals surface area contributed by atoms with Gasteiger partial charge in [-0.25, -0.2) is 8.78 Å². The molecule has 6 fully saturated rings. The number of piperazine rings is 2. The third-order valence-electron chi connectivity index (χ3n) is 12.0. The van der Waals surface area contributed by atoms with E-state index in [1.807, 2.05) is 19.9 Å². The van der Waals surface area contributed by atoms with Crippen molar-refractivity contribution in [2.45, 2.75) is 82.5 Å². The number of aromatic hydroxyl groups is 1. The Bertz CT molecular complexity index is 2040. The molecule has 0 radical (unpaired) electrons. The van der Waals surface area contributed by atoms with Gasteiger partial charge in [-0.05, 0) is 85.2 Å². The zero-order chi connectivity index (χ0) is 34.3. The number of nitrogens with zero attached hydrogens (tertiary/aromatic N) is 4. The number of nitrogens with one attached hydrogen (secondary N) is 2. The average molecular weight is 679 g/mol. The third-order valence-corrected chi connectivity index (χ3v) is 12.0. The molecule has 4 bridgehead atoms. The number of hydrogen-bond donors (Lipinski definition) is 3. The highest BCUT2D eigenvalue weighted by atomic mass is 19.1. The maximum absolute atomic E-state index is 17.5. The summed E-state index contributed by atoms with van der Waals surface area (Å²) in [6.07, 6.45) is 12.7. The third kappa shape index (κ3) is 5.45. The maximum Gasteiger partial charge on any atom is 0.319 e. The average Bonchev–Trinajstić information content (AvgIpc) is 3.80. The number of benzene rings is 3. The molecule has 6 aliphatic rings. The molecule has 2 unspecified atom stereocenters. The largest absolute Gasteiger partial charge is 0.508 e. The summed E-state index contributed by atoms with van der Waals surface area (Å²) in [5.74, 6) is 1.84. The van der Waals surface area contributed by atoms with E-state index >= 15 is 8.78 Å². The summed E-state index contributed by atoms with van der Waals surface area (Å²) in [5.41, 5.74) is 1.51. The lowest BCUT2D eigenvalue weighted by Gasteiger charge is -2.47. The summed E-state index contributed by atoms with van der Waals surface area (Å²) in [6.45, 7) is 9.13. The molecule has 1 aromatic heterocycles. The van der Waals surface area contributed by atoms with Crippen LogP contribution in [0.5, 0.6) is 11.8 Å². The van der Waals surface area contributed by atoms with Crippen LogP contribution in [0, 0.1) is 29.4 Å². The van der Waals surface area contributed by atoms with Crippen LogP contribution in [0.4, 0.5) is 14.6 Å². The van der Waals surface area contributed by atoms with E-state index in [1.165, 1.54) is 31.0 Å². The van der Waals surface area contributed by atoms with Gasteiger partial charge < -0.3 is 25.4 Å². The Morgan fingerprint density at radius 1 is 1.04 bits per heavy atom. The van der Waals surface area contributed by atoms with E-state index in [0.717, 1.165) is 58.4 Å². The molecule has 4 aromatic rings. The zero-order valence-electron chi connectivity index (χ0n) is 28.7. The van der Waals surface area contributed by atoms with Crippen molar-refractivity contribution in [3.05, 3.63) is 53.1 Å². The molecule has 0 spiro atoms. The molecule has 1 aliphatic carbocycles. The number of halogens is 2. The number of anilines is 1. The molecule has 3 N–H and O–H groups in total. The standard InChI is InChI=1S/C40H44F2N6O2/c1-4-29-33(41)10-5-23-13-28(49)14-31(34(23)29)35-30(22(2)3)15-32-37(36(35)42)45-39(46-38(32)47-18-25-6-7-26(19-47)44-25)50-21-40(11-12-40)20-48-17-24-8-9-27(48)16-43-24/h1,5,10,13-15,22,24-27,43-44,49H,6-9,11-12,16-21H2,2-3H3/t24-,25?,26?,27-/m0/s1. The zero-order valence-corrected chi connectivity index (χ0v) is 28.7. The van der Waals surface area contributed by atoms with Crippen molar-refractivity contribution < 1.29 is 18.6 Å². The highest BCUT2D eigenvalue weighted by molar-refractivity contribution is 6.05. The van der Waals surface area contributed by atoms with E-state index in [9.17, 15) is 5.11 Å². The van der Waals surface area contributed by atoms with E-state index in [1.54, 1.807) is 6.07 Å². The van der Waals surface area contributed by atoms with Gasteiger partial charge in [0.25, 0.3) is 0 Å². The molecule has 8 nitrogen and oxygen atoms in total. The lowest BCUT2D eigenvalue weighted by molar-refractivity contribution is 0.0450. The van der Waals surface area contributed by atoms with Crippen LogP contribution in [0.3, 0.4) is 0 Å². The molecule has 1 saturated carbocycles. The number of ether oxygens (including phenoxy) is 1. The second kappa shape index (κ2) is 12.0. The first-order valence-electron chi connectivity index (χ1n) is 18.3. The van der Waals surface area contributed by atoms with Crippen LogP contribution in [0.2, 0.25) is 0 Å². The van der Waals surface area contributed by atoms with Crippen LogP contribution < -0.4 is 20.3 Å². The van der Waals surface area contributed by atoms with E-state index in [2.05, 4.69) is 26.4 Å². The van der Waals surface area contributed by atoms with E-state index < -0.39 is 11.6 Å². The van der Waals surface area contributed by atoms with Gasteiger partial charge in [-0.2, -0.15) is 9.97 Å². The second-order valence-corrected chi connectivity index (χ2v) is 15.8. The highest BCUT2D eigenvalue weighted by Crippen LogP contribution is 2.48. The molecule has 260 valence electrons. The van der Waals surface area contributed by atoms with Gasteiger partial charge in [0.1, 0.15) is 22.9 Å². The van der Waals surface area contributed by atoms with Crippen LogP contribution >= 0.6 is 0 Å². The van der Waals surface area contributed by atoms with Gasteiger partial charge in [-0.3, -0.25) is 4.90 Å². The number of rotatable bonds is 8. The lowest BCUT2D eigenvalue weighted by atomic mass is 9.86. The van der Waals surface area contributed by atoms with E-state index in [-0.39, 0.29) is 39.7 Å². The monoisotopic (exact) mass is 678 g/mol. The quantitative estimate of drug-likeness (QED) is 0.194. The minimum atomic E-state index is -0.574. The van der Waals surface area contributed by atoms with Crippen LogP contribution in [-0.4, -0.2) is 83.5 Å². The Morgan fingerprint density at radius 2 is 1.82 bits per heavy atom. The van der Waals surface area contributed by atoms with Crippen LogP contribution in [0.1, 0.15) is 69.4 Å². The first-order valence-corrected chi connectivity index (χ1v) is 18.3. The summed E-state index contributed by atoms with van der Waals surface area (Å²) >= 11 is 0. The fourth-order valence-corrected chi connectivity index (χ4v) is 9.15. The Balaban J connectivity index is 1.17. The highest BCUT2D eigenvalue weighted by Gasteiger charge is 2.48. The molecule has 50 heavy (non-hydrogen) atoms. The minimum absolute atomic E-state index is 0.0304.